The molecule has 0 unspecified atom stereocenters. The van der Waals surface area contributed by atoms with E-state index in [9.17, 15) is 21.9 Å². The quantitative estimate of drug-likeness (QED) is 0.558. The lowest BCUT2D eigenvalue weighted by molar-refractivity contribution is 0.397. The number of hydrogen-bond donors (Lipinski definition) is 2. The molecule has 0 aromatic heterocycles. The Labute approximate surface area is 182 Å². The molecule has 0 spiro atoms. The van der Waals surface area contributed by atoms with Gasteiger partial charge in [-0.15, -0.1) is 0 Å². The molecule has 0 radical (unpaired) electrons. The number of rotatable bonds is 7. The monoisotopic (exact) mass is 461 g/mol. The van der Waals surface area contributed by atoms with E-state index in [1.807, 2.05) is 0 Å². The highest BCUT2D eigenvalue weighted by molar-refractivity contribution is 7.90. The summed E-state index contributed by atoms with van der Waals surface area (Å²) in [6.45, 7) is 0. The molecule has 164 valence electrons. The van der Waals surface area contributed by atoms with E-state index in [1.165, 1.54) is 25.3 Å². The van der Waals surface area contributed by atoms with Crippen molar-refractivity contribution in [2.24, 2.45) is 5.14 Å². The van der Waals surface area contributed by atoms with E-state index in [0.717, 1.165) is 6.26 Å². The van der Waals surface area contributed by atoms with Crippen molar-refractivity contribution in [3.8, 4) is 22.6 Å². The SMILES string of the molecule is COc1c(CCc2ccc(-c3ccccc3S(C)(=O)=O)cc2O)cccc1S(N)(=O)=O. The molecular formula is C22H23NO6S2. The van der Waals surface area contributed by atoms with Gasteiger partial charge in [0.15, 0.2) is 9.84 Å². The fraction of sp³-hybridized carbons (Fsp3) is 0.182. The van der Waals surface area contributed by atoms with Gasteiger partial charge >= 0.3 is 0 Å². The molecule has 7 nitrogen and oxygen atoms in total. The Hall–Kier alpha value is -2.88. The van der Waals surface area contributed by atoms with Crippen molar-refractivity contribution in [2.75, 3.05) is 13.4 Å². The second kappa shape index (κ2) is 8.70. The standard InChI is InChI=1S/C22H23NO6S2/c1-29-22-16(6-5-9-21(22)31(23,27)28)12-10-15-11-13-17(14-19(15)24)18-7-3-4-8-20(18)30(2,25)26/h3-9,11,13-14,24H,10,12H2,1-2H3,(H2,23,27,28). The fourth-order valence-electron chi connectivity index (χ4n) is 3.45. The number of ether oxygens (including phenoxy) is 1. The summed E-state index contributed by atoms with van der Waals surface area (Å²) in [5.41, 5.74) is 2.36. The molecule has 9 heteroatoms. The summed E-state index contributed by atoms with van der Waals surface area (Å²) in [7, 11) is -5.99. The van der Waals surface area contributed by atoms with Crippen LogP contribution in [-0.4, -0.2) is 35.3 Å². The summed E-state index contributed by atoms with van der Waals surface area (Å²) in [6.07, 6.45) is 1.95. The minimum atomic E-state index is -3.94. The highest BCUT2D eigenvalue weighted by Gasteiger charge is 2.19. The van der Waals surface area contributed by atoms with Crippen molar-refractivity contribution in [1.82, 2.24) is 0 Å². The number of aromatic hydroxyl groups is 1. The first kappa shape index (κ1) is 22.8. The number of sulfone groups is 1. The van der Waals surface area contributed by atoms with E-state index in [-0.39, 0.29) is 21.3 Å². The molecule has 0 saturated carbocycles. The smallest absolute Gasteiger partial charge is 0.241 e. The lowest BCUT2D eigenvalue weighted by atomic mass is 9.99. The molecule has 0 heterocycles. The van der Waals surface area contributed by atoms with Crippen molar-refractivity contribution in [3.05, 3.63) is 71.8 Å². The number of para-hydroxylation sites is 1. The van der Waals surface area contributed by atoms with Crippen LogP contribution in [0.1, 0.15) is 11.1 Å². The number of methoxy groups -OCH3 is 1. The van der Waals surface area contributed by atoms with E-state index in [4.69, 9.17) is 9.88 Å². The molecule has 0 atom stereocenters. The van der Waals surface area contributed by atoms with Gasteiger partial charge in [-0.25, -0.2) is 22.0 Å². The number of benzene rings is 3. The van der Waals surface area contributed by atoms with E-state index < -0.39 is 19.9 Å². The molecule has 0 amide bonds. The van der Waals surface area contributed by atoms with E-state index in [1.54, 1.807) is 42.5 Å². The molecule has 31 heavy (non-hydrogen) atoms. The van der Waals surface area contributed by atoms with Gasteiger partial charge in [0.25, 0.3) is 0 Å². The zero-order valence-electron chi connectivity index (χ0n) is 17.1. The third kappa shape index (κ3) is 5.07. The summed E-state index contributed by atoms with van der Waals surface area (Å²) in [5, 5.41) is 15.8. The summed E-state index contributed by atoms with van der Waals surface area (Å²) in [6, 6.07) is 16.3. The highest BCUT2D eigenvalue weighted by atomic mass is 32.2. The van der Waals surface area contributed by atoms with Crippen LogP contribution < -0.4 is 9.88 Å². The summed E-state index contributed by atoms with van der Waals surface area (Å²) in [4.78, 5) is 0.0937. The molecule has 0 bridgehead atoms. The molecule has 0 fully saturated rings. The average Bonchev–Trinajstić information content (AvgIpc) is 2.71. The van der Waals surface area contributed by atoms with Crippen molar-refractivity contribution < 1.29 is 26.7 Å². The molecule has 3 aromatic carbocycles. The van der Waals surface area contributed by atoms with Gasteiger partial charge in [-0.1, -0.05) is 42.5 Å². The van der Waals surface area contributed by atoms with Gasteiger partial charge in [0.05, 0.1) is 12.0 Å². The number of phenolic OH excluding ortho intramolecular Hbond substituents is 1. The number of sulfonamides is 1. The lowest BCUT2D eigenvalue weighted by Crippen LogP contribution is -2.14. The fourth-order valence-corrected chi connectivity index (χ4v) is 5.11. The van der Waals surface area contributed by atoms with Crippen LogP contribution in [0.3, 0.4) is 0 Å². The maximum atomic E-state index is 12.1. The molecule has 0 saturated heterocycles. The van der Waals surface area contributed by atoms with Crippen LogP contribution in [-0.2, 0) is 32.7 Å². The Morgan fingerprint density at radius 3 is 2.13 bits per heavy atom. The molecular weight excluding hydrogens is 438 g/mol. The Morgan fingerprint density at radius 2 is 1.52 bits per heavy atom. The average molecular weight is 462 g/mol. The second-order valence-corrected chi connectivity index (χ2v) is 10.6. The molecule has 0 aliphatic rings. The van der Waals surface area contributed by atoms with Crippen LogP contribution in [0.15, 0.2) is 70.5 Å². The molecule has 3 N–H and O–H groups in total. The van der Waals surface area contributed by atoms with Crippen molar-refractivity contribution in [1.29, 1.82) is 0 Å². The van der Waals surface area contributed by atoms with Gasteiger partial charge in [0.2, 0.25) is 10.0 Å². The van der Waals surface area contributed by atoms with Gasteiger partial charge < -0.3 is 9.84 Å². The largest absolute Gasteiger partial charge is 0.508 e. The van der Waals surface area contributed by atoms with Crippen LogP contribution in [0, 0.1) is 0 Å². The van der Waals surface area contributed by atoms with E-state index in [2.05, 4.69) is 0 Å². The van der Waals surface area contributed by atoms with Crippen LogP contribution in [0.2, 0.25) is 0 Å². The molecule has 3 rings (SSSR count). The number of nitrogens with two attached hydrogens (primary N) is 1. The predicted octanol–water partition coefficient (Wildman–Crippen LogP) is 2.90. The van der Waals surface area contributed by atoms with Gasteiger partial charge in [-0.05, 0) is 47.7 Å². The summed E-state index contributed by atoms with van der Waals surface area (Å²) in [5.74, 6) is 0.200. The first-order chi connectivity index (χ1) is 14.5. The van der Waals surface area contributed by atoms with Crippen LogP contribution in [0.25, 0.3) is 11.1 Å². The first-order valence-corrected chi connectivity index (χ1v) is 12.8. The minimum absolute atomic E-state index is 0.0161. The van der Waals surface area contributed by atoms with E-state index >= 15 is 0 Å². The van der Waals surface area contributed by atoms with Crippen molar-refractivity contribution >= 4 is 19.9 Å². The molecule has 0 aliphatic heterocycles. The minimum Gasteiger partial charge on any atom is -0.508 e. The highest BCUT2D eigenvalue weighted by Crippen LogP contribution is 2.33. The van der Waals surface area contributed by atoms with Gasteiger partial charge in [0, 0.05) is 11.8 Å². The normalized spacial score (nSPS) is 12.0. The molecule has 3 aromatic rings. The van der Waals surface area contributed by atoms with Crippen LogP contribution >= 0.6 is 0 Å². The Bertz CT molecular complexity index is 1330. The number of hydrogen-bond acceptors (Lipinski definition) is 6. The Kier molecular flexibility index (Phi) is 6.40. The zero-order chi connectivity index (χ0) is 22.8. The van der Waals surface area contributed by atoms with Gasteiger partial charge in [-0.3, -0.25) is 0 Å². The van der Waals surface area contributed by atoms with E-state index in [0.29, 0.717) is 35.1 Å². The lowest BCUT2D eigenvalue weighted by Gasteiger charge is -2.13. The van der Waals surface area contributed by atoms with Crippen LogP contribution in [0.4, 0.5) is 0 Å². The Balaban J connectivity index is 1.91. The number of phenols is 1. The third-order valence-corrected chi connectivity index (χ3v) is 7.01. The number of primary sulfonamides is 1. The second-order valence-electron chi connectivity index (χ2n) is 7.11. The Morgan fingerprint density at radius 1 is 0.871 bits per heavy atom. The summed E-state index contributed by atoms with van der Waals surface area (Å²) < 4.78 is 53.0. The zero-order valence-corrected chi connectivity index (χ0v) is 18.7. The third-order valence-electron chi connectivity index (χ3n) is 4.92. The summed E-state index contributed by atoms with van der Waals surface area (Å²) >= 11 is 0. The van der Waals surface area contributed by atoms with Crippen molar-refractivity contribution in [2.45, 2.75) is 22.6 Å². The van der Waals surface area contributed by atoms with Crippen molar-refractivity contribution in [3.63, 3.8) is 0 Å². The maximum Gasteiger partial charge on any atom is 0.241 e. The predicted molar refractivity (Wildman–Crippen MR) is 118 cm³/mol. The topological polar surface area (TPSA) is 124 Å². The van der Waals surface area contributed by atoms with Crippen LogP contribution in [0.5, 0.6) is 11.5 Å². The van der Waals surface area contributed by atoms with Gasteiger partial charge in [0.1, 0.15) is 16.4 Å². The first-order valence-electron chi connectivity index (χ1n) is 9.32. The number of aryl methyl sites for hydroxylation is 2. The maximum absolute atomic E-state index is 12.1. The molecule has 0 aliphatic carbocycles. The van der Waals surface area contributed by atoms with Gasteiger partial charge in [-0.2, -0.15) is 0 Å².